The molecule has 0 bridgehead atoms. The van der Waals surface area contributed by atoms with E-state index in [1.54, 1.807) is 6.07 Å². The highest BCUT2D eigenvalue weighted by atomic mass is 35.5. The molecule has 3 aromatic carbocycles. The molecule has 29 heavy (non-hydrogen) atoms. The Balaban J connectivity index is 1.37. The van der Waals surface area contributed by atoms with E-state index in [0.29, 0.717) is 22.3 Å². The summed E-state index contributed by atoms with van der Waals surface area (Å²) in [5, 5.41) is 11.1. The number of nitrogens with zero attached hydrogens (tertiary/aromatic N) is 2. The van der Waals surface area contributed by atoms with Crippen molar-refractivity contribution in [2.75, 3.05) is 5.32 Å². The largest absolute Gasteiger partial charge is 0.304 e. The number of nitrogens with one attached hydrogen (secondary N) is 1. The molecule has 0 aliphatic heterocycles. The van der Waals surface area contributed by atoms with Gasteiger partial charge in [-0.1, -0.05) is 72.3 Å². The van der Waals surface area contributed by atoms with E-state index in [-0.39, 0.29) is 5.91 Å². The van der Waals surface area contributed by atoms with Gasteiger partial charge < -0.3 is 5.32 Å². The fraction of sp³-hybridized carbons (Fsp3) is 0.0435. The highest BCUT2D eigenvalue weighted by molar-refractivity contribution is 7.21. The summed E-state index contributed by atoms with van der Waals surface area (Å²) in [4.78, 5) is 13.2. The minimum atomic E-state index is -0.244. The van der Waals surface area contributed by atoms with Crippen LogP contribution in [0.3, 0.4) is 0 Å². The van der Waals surface area contributed by atoms with E-state index in [9.17, 15) is 4.79 Å². The summed E-state index contributed by atoms with van der Waals surface area (Å²) in [5.74, 6) is 0.260. The van der Waals surface area contributed by atoms with Gasteiger partial charge in [0.1, 0.15) is 4.88 Å². The summed E-state index contributed by atoms with van der Waals surface area (Å²) in [6.45, 7) is 0.626. The van der Waals surface area contributed by atoms with Crippen LogP contribution in [-0.2, 0) is 6.54 Å². The average molecular weight is 418 g/mol. The first-order valence-electron chi connectivity index (χ1n) is 9.17. The number of halogens is 1. The molecule has 1 N–H and O–H groups in total. The van der Waals surface area contributed by atoms with Crippen LogP contribution >= 0.6 is 22.9 Å². The quantitative estimate of drug-likeness (QED) is 0.378. The van der Waals surface area contributed by atoms with Gasteiger partial charge in [0.2, 0.25) is 0 Å². The van der Waals surface area contributed by atoms with Gasteiger partial charge in [-0.15, -0.1) is 11.3 Å². The van der Waals surface area contributed by atoms with Gasteiger partial charge in [-0.2, -0.15) is 5.10 Å². The molecule has 0 unspecified atom stereocenters. The van der Waals surface area contributed by atoms with Crippen molar-refractivity contribution in [2.24, 2.45) is 0 Å². The number of hydrogen-bond donors (Lipinski definition) is 1. The van der Waals surface area contributed by atoms with E-state index >= 15 is 0 Å². The zero-order valence-corrected chi connectivity index (χ0v) is 16.9. The summed E-state index contributed by atoms with van der Waals surface area (Å²) >= 11 is 7.79. The molecule has 0 fully saturated rings. The molecule has 2 heterocycles. The first-order chi connectivity index (χ1) is 14.2. The number of hydrogen-bond acceptors (Lipinski definition) is 3. The Kier molecular flexibility index (Phi) is 4.54. The first kappa shape index (κ1) is 17.9. The van der Waals surface area contributed by atoms with Crippen LogP contribution < -0.4 is 5.32 Å². The molecule has 4 nitrogen and oxygen atoms in total. The lowest BCUT2D eigenvalue weighted by Gasteiger charge is -2.07. The number of carbonyl (C=O) groups is 1. The van der Waals surface area contributed by atoms with Crippen LogP contribution in [0.15, 0.2) is 79.0 Å². The Morgan fingerprint density at radius 3 is 2.59 bits per heavy atom. The molecule has 0 aliphatic rings. The fourth-order valence-corrected chi connectivity index (χ4v) is 4.87. The first-order valence-corrected chi connectivity index (χ1v) is 10.4. The van der Waals surface area contributed by atoms with Crippen LogP contribution in [0.4, 0.5) is 5.82 Å². The van der Waals surface area contributed by atoms with Crippen molar-refractivity contribution in [1.29, 1.82) is 0 Å². The third kappa shape index (κ3) is 3.39. The molecule has 0 saturated carbocycles. The molecule has 0 spiro atoms. The van der Waals surface area contributed by atoms with E-state index in [1.807, 2.05) is 53.3 Å². The van der Waals surface area contributed by atoms with Crippen molar-refractivity contribution in [1.82, 2.24) is 9.78 Å². The second kappa shape index (κ2) is 7.35. The molecule has 0 atom stereocenters. The Labute approximate surface area is 176 Å². The minimum Gasteiger partial charge on any atom is -0.304 e. The Bertz CT molecular complexity index is 1350. The van der Waals surface area contributed by atoms with E-state index in [0.717, 1.165) is 10.1 Å². The third-order valence-corrected chi connectivity index (χ3v) is 6.51. The molecule has 6 heteroatoms. The van der Waals surface area contributed by atoms with Gasteiger partial charge in [0, 0.05) is 22.3 Å². The molecular formula is C23H16ClN3OS. The standard InChI is InChI=1S/C23H16ClN3OS/c24-21-18-10-3-4-11-19(18)29-22(21)23(28)25-20-12-13-27(26-20)14-16-8-5-7-15-6-1-2-9-17(15)16/h1-13H,14H2,(H,25,26,28). The molecule has 0 saturated heterocycles. The summed E-state index contributed by atoms with van der Waals surface area (Å²) in [5.41, 5.74) is 1.18. The van der Waals surface area contributed by atoms with Crippen LogP contribution in [0.5, 0.6) is 0 Å². The van der Waals surface area contributed by atoms with Crippen LogP contribution in [0.25, 0.3) is 20.9 Å². The van der Waals surface area contributed by atoms with Gasteiger partial charge in [0.05, 0.1) is 11.6 Å². The second-order valence-corrected chi connectivity index (χ2v) is 8.16. The lowest BCUT2D eigenvalue weighted by atomic mass is 10.0. The van der Waals surface area contributed by atoms with Crippen LogP contribution in [0, 0.1) is 0 Å². The Hall–Kier alpha value is -3.15. The van der Waals surface area contributed by atoms with Crippen molar-refractivity contribution < 1.29 is 4.79 Å². The van der Waals surface area contributed by atoms with E-state index in [2.05, 4.69) is 34.7 Å². The van der Waals surface area contributed by atoms with Gasteiger partial charge in [-0.25, -0.2) is 0 Å². The zero-order valence-electron chi connectivity index (χ0n) is 15.3. The molecule has 142 valence electrons. The summed E-state index contributed by atoms with van der Waals surface area (Å²) in [6, 6.07) is 24.1. The molecule has 1 amide bonds. The summed E-state index contributed by atoms with van der Waals surface area (Å²) in [6.07, 6.45) is 1.86. The molecule has 5 aromatic rings. The van der Waals surface area contributed by atoms with Crippen molar-refractivity contribution in [3.05, 3.63) is 94.5 Å². The third-order valence-electron chi connectivity index (χ3n) is 4.84. The maximum Gasteiger partial charge on any atom is 0.268 e. The predicted octanol–water partition coefficient (Wildman–Crippen LogP) is 6.21. The number of thiophene rings is 1. The van der Waals surface area contributed by atoms with E-state index in [1.165, 1.54) is 27.7 Å². The van der Waals surface area contributed by atoms with Gasteiger partial charge in [0.25, 0.3) is 5.91 Å². The van der Waals surface area contributed by atoms with E-state index in [4.69, 9.17) is 11.6 Å². The number of rotatable bonds is 4. The minimum absolute atomic E-state index is 0.244. The Morgan fingerprint density at radius 1 is 0.966 bits per heavy atom. The predicted molar refractivity (Wildman–Crippen MR) is 120 cm³/mol. The smallest absolute Gasteiger partial charge is 0.268 e. The van der Waals surface area contributed by atoms with Crippen molar-refractivity contribution in [2.45, 2.75) is 6.54 Å². The summed E-state index contributed by atoms with van der Waals surface area (Å²) < 4.78 is 2.81. The number of anilines is 1. The van der Waals surface area contributed by atoms with Crippen molar-refractivity contribution >= 4 is 55.5 Å². The SMILES string of the molecule is O=C(Nc1ccn(Cc2cccc3ccccc23)n1)c1sc2ccccc2c1Cl. The lowest BCUT2D eigenvalue weighted by Crippen LogP contribution is -2.12. The molecule has 0 aliphatic carbocycles. The molecular weight excluding hydrogens is 402 g/mol. The summed E-state index contributed by atoms with van der Waals surface area (Å²) in [7, 11) is 0. The van der Waals surface area contributed by atoms with Crippen molar-refractivity contribution in [3.8, 4) is 0 Å². The lowest BCUT2D eigenvalue weighted by molar-refractivity contribution is 0.103. The Morgan fingerprint density at radius 2 is 1.72 bits per heavy atom. The number of amides is 1. The number of fused-ring (bicyclic) bond motifs is 2. The van der Waals surface area contributed by atoms with Gasteiger partial charge in [0.15, 0.2) is 5.82 Å². The van der Waals surface area contributed by atoms with Crippen LogP contribution in [-0.4, -0.2) is 15.7 Å². The highest BCUT2D eigenvalue weighted by Crippen LogP contribution is 2.35. The normalized spacial score (nSPS) is 11.2. The molecule has 2 aromatic heterocycles. The highest BCUT2D eigenvalue weighted by Gasteiger charge is 2.17. The van der Waals surface area contributed by atoms with Gasteiger partial charge in [-0.05, 0) is 22.4 Å². The topological polar surface area (TPSA) is 46.9 Å². The molecule has 5 rings (SSSR count). The number of carbonyl (C=O) groups excluding carboxylic acids is 1. The van der Waals surface area contributed by atoms with Crippen LogP contribution in [0.1, 0.15) is 15.2 Å². The fourth-order valence-electron chi connectivity index (χ4n) is 3.45. The monoisotopic (exact) mass is 417 g/mol. The van der Waals surface area contributed by atoms with Gasteiger partial charge >= 0.3 is 0 Å². The van der Waals surface area contributed by atoms with Crippen molar-refractivity contribution in [3.63, 3.8) is 0 Å². The number of benzene rings is 3. The zero-order chi connectivity index (χ0) is 19.8. The maximum atomic E-state index is 12.7. The maximum absolute atomic E-state index is 12.7. The molecule has 0 radical (unpaired) electrons. The average Bonchev–Trinajstić information content (AvgIpc) is 3.32. The van der Waals surface area contributed by atoms with Gasteiger partial charge in [-0.3, -0.25) is 9.48 Å². The second-order valence-electron chi connectivity index (χ2n) is 6.73. The van der Waals surface area contributed by atoms with Crippen LogP contribution in [0.2, 0.25) is 5.02 Å². The van der Waals surface area contributed by atoms with E-state index < -0.39 is 0 Å². The number of aromatic nitrogens is 2.